The van der Waals surface area contributed by atoms with E-state index in [1.807, 2.05) is 0 Å². The second-order valence-corrected chi connectivity index (χ2v) is 4.45. The average Bonchev–Trinajstić information content (AvgIpc) is 2.01. The van der Waals surface area contributed by atoms with Crippen molar-refractivity contribution >= 4 is 27.6 Å². The third-order valence-electron chi connectivity index (χ3n) is 1.14. The molecular formula is C8H10ClNO4S. The quantitative estimate of drug-likeness (QED) is 0.726. The third-order valence-corrected chi connectivity index (χ3v) is 1.47. The standard InChI is InChI=1S/C7H6ClNO.CH4O3S/c8-6-4-2-1-3-5(6)7(9)10;1-5(2,3)4/h1-4H,(H2,9,10);1H3,(H,2,3,4). The minimum Gasteiger partial charge on any atom is -0.366 e. The van der Waals surface area contributed by atoms with Gasteiger partial charge in [0.05, 0.1) is 16.8 Å². The van der Waals surface area contributed by atoms with Gasteiger partial charge in [0.15, 0.2) is 0 Å². The first-order chi connectivity index (χ1) is 6.72. The maximum Gasteiger partial charge on any atom is 0.261 e. The Morgan fingerprint density at radius 2 is 1.80 bits per heavy atom. The summed E-state index contributed by atoms with van der Waals surface area (Å²) in [5.41, 5.74) is 5.36. The largest absolute Gasteiger partial charge is 0.366 e. The average molecular weight is 252 g/mol. The molecule has 0 radical (unpaired) electrons. The zero-order chi connectivity index (χ0) is 12.1. The van der Waals surface area contributed by atoms with Gasteiger partial charge in [-0.1, -0.05) is 23.7 Å². The van der Waals surface area contributed by atoms with Gasteiger partial charge in [0.1, 0.15) is 0 Å². The van der Waals surface area contributed by atoms with E-state index in [4.69, 9.17) is 21.9 Å². The van der Waals surface area contributed by atoms with Crippen molar-refractivity contribution in [2.24, 2.45) is 5.73 Å². The van der Waals surface area contributed by atoms with Crippen LogP contribution in [0, 0.1) is 0 Å². The van der Waals surface area contributed by atoms with Crippen molar-refractivity contribution in [3.8, 4) is 0 Å². The van der Waals surface area contributed by atoms with Crippen molar-refractivity contribution in [1.82, 2.24) is 0 Å². The van der Waals surface area contributed by atoms with Crippen molar-refractivity contribution in [3.05, 3.63) is 34.9 Å². The molecule has 0 spiro atoms. The molecule has 3 N–H and O–H groups in total. The van der Waals surface area contributed by atoms with Crippen LogP contribution in [-0.2, 0) is 10.1 Å². The van der Waals surface area contributed by atoms with Crippen LogP contribution in [0.4, 0.5) is 0 Å². The van der Waals surface area contributed by atoms with Gasteiger partial charge in [-0.25, -0.2) is 0 Å². The molecule has 0 saturated carbocycles. The Kier molecular flexibility index (Phi) is 5.27. The van der Waals surface area contributed by atoms with Crippen LogP contribution in [0.5, 0.6) is 0 Å². The fourth-order valence-electron chi connectivity index (χ4n) is 0.661. The van der Waals surface area contributed by atoms with Gasteiger partial charge in [-0.15, -0.1) is 0 Å². The highest BCUT2D eigenvalue weighted by Gasteiger charge is 2.02. The van der Waals surface area contributed by atoms with E-state index in [0.29, 0.717) is 16.8 Å². The van der Waals surface area contributed by atoms with Crippen LogP contribution in [0.25, 0.3) is 0 Å². The number of carbonyl (C=O) groups is 1. The fourth-order valence-corrected chi connectivity index (χ4v) is 0.890. The van der Waals surface area contributed by atoms with Crippen LogP contribution in [0.1, 0.15) is 10.4 Å². The number of amides is 1. The van der Waals surface area contributed by atoms with Crippen molar-refractivity contribution in [3.63, 3.8) is 0 Å². The lowest BCUT2D eigenvalue weighted by atomic mass is 10.2. The van der Waals surface area contributed by atoms with E-state index in [0.717, 1.165) is 0 Å². The van der Waals surface area contributed by atoms with Crippen LogP contribution < -0.4 is 5.73 Å². The number of hydrogen-bond acceptors (Lipinski definition) is 3. The Morgan fingerprint density at radius 1 is 1.40 bits per heavy atom. The molecule has 0 atom stereocenters. The predicted molar refractivity (Wildman–Crippen MR) is 57.4 cm³/mol. The van der Waals surface area contributed by atoms with Gasteiger partial charge in [-0.2, -0.15) is 8.42 Å². The zero-order valence-electron chi connectivity index (χ0n) is 7.84. The summed E-state index contributed by atoms with van der Waals surface area (Å²) < 4.78 is 25.9. The lowest BCUT2D eigenvalue weighted by molar-refractivity contribution is 0.100. The number of carbonyl (C=O) groups excluding carboxylic acids is 1. The first-order valence-electron chi connectivity index (χ1n) is 3.68. The minimum atomic E-state index is -3.67. The zero-order valence-corrected chi connectivity index (χ0v) is 9.42. The SMILES string of the molecule is CS(=O)(=O)O.NC(=O)c1ccccc1Cl. The maximum atomic E-state index is 10.6. The van der Waals surface area contributed by atoms with Crippen LogP contribution in [-0.4, -0.2) is 25.1 Å². The number of primary amides is 1. The van der Waals surface area contributed by atoms with Gasteiger partial charge < -0.3 is 5.73 Å². The molecule has 0 aromatic heterocycles. The molecule has 0 heterocycles. The Balaban J connectivity index is 0.000000336. The summed E-state index contributed by atoms with van der Waals surface area (Å²) in [6.45, 7) is 0. The number of hydrogen-bond donors (Lipinski definition) is 2. The summed E-state index contributed by atoms with van der Waals surface area (Å²) in [5.74, 6) is -0.495. The Hall–Kier alpha value is -1.11. The summed E-state index contributed by atoms with van der Waals surface area (Å²) in [6, 6.07) is 6.67. The van der Waals surface area contributed by atoms with E-state index in [2.05, 4.69) is 0 Å². The van der Waals surface area contributed by atoms with Crippen LogP contribution >= 0.6 is 11.6 Å². The van der Waals surface area contributed by atoms with E-state index in [1.165, 1.54) is 0 Å². The number of halogens is 1. The molecular weight excluding hydrogens is 242 g/mol. The molecule has 1 amide bonds. The molecule has 1 aromatic carbocycles. The van der Waals surface area contributed by atoms with Gasteiger partial charge >= 0.3 is 0 Å². The highest BCUT2D eigenvalue weighted by Crippen LogP contribution is 2.13. The number of benzene rings is 1. The predicted octanol–water partition coefficient (Wildman–Crippen LogP) is 0.943. The fraction of sp³-hybridized carbons (Fsp3) is 0.125. The van der Waals surface area contributed by atoms with E-state index in [1.54, 1.807) is 24.3 Å². The van der Waals surface area contributed by atoms with Crippen LogP contribution in [0.15, 0.2) is 24.3 Å². The van der Waals surface area contributed by atoms with Crippen LogP contribution in [0.3, 0.4) is 0 Å². The van der Waals surface area contributed by atoms with E-state index < -0.39 is 16.0 Å². The molecule has 15 heavy (non-hydrogen) atoms. The summed E-state index contributed by atoms with van der Waals surface area (Å²) in [4.78, 5) is 10.6. The molecule has 1 rings (SSSR count). The van der Waals surface area contributed by atoms with Gasteiger partial charge in [0.25, 0.3) is 10.1 Å². The monoisotopic (exact) mass is 251 g/mol. The molecule has 0 aliphatic heterocycles. The minimum absolute atomic E-state index is 0.365. The molecule has 0 fully saturated rings. The van der Waals surface area contributed by atoms with E-state index in [9.17, 15) is 13.2 Å². The van der Waals surface area contributed by atoms with Crippen molar-refractivity contribution in [1.29, 1.82) is 0 Å². The summed E-state index contributed by atoms with van der Waals surface area (Å²) in [7, 11) is -3.67. The highest BCUT2D eigenvalue weighted by molar-refractivity contribution is 7.85. The number of nitrogens with two attached hydrogens (primary N) is 1. The second-order valence-electron chi connectivity index (χ2n) is 2.58. The summed E-state index contributed by atoms with van der Waals surface area (Å²) in [6.07, 6.45) is 0.715. The van der Waals surface area contributed by atoms with Gasteiger partial charge in [-0.3, -0.25) is 9.35 Å². The second kappa shape index (κ2) is 5.69. The molecule has 0 unspecified atom stereocenters. The highest BCUT2D eigenvalue weighted by atomic mass is 35.5. The molecule has 0 bridgehead atoms. The Bertz CT molecular complexity index is 436. The summed E-state index contributed by atoms with van der Waals surface area (Å²) in [5, 5.41) is 0.398. The first-order valence-corrected chi connectivity index (χ1v) is 5.91. The molecule has 84 valence electrons. The van der Waals surface area contributed by atoms with Crippen molar-refractivity contribution in [2.75, 3.05) is 6.26 Å². The van der Waals surface area contributed by atoms with Crippen LogP contribution in [0.2, 0.25) is 5.02 Å². The van der Waals surface area contributed by atoms with Crippen molar-refractivity contribution in [2.45, 2.75) is 0 Å². The maximum absolute atomic E-state index is 10.6. The summed E-state index contributed by atoms with van der Waals surface area (Å²) >= 11 is 5.62. The van der Waals surface area contributed by atoms with Gasteiger partial charge in [0.2, 0.25) is 5.91 Å². The van der Waals surface area contributed by atoms with Gasteiger partial charge in [-0.05, 0) is 12.1 Å². The molecule has 5 nitrogen and oxygen atoms in total. The number of rotatable bonds is 1. The topological polar surface area (TPSA) is 97.5 Å². The van der Waals surface area contributed by atoms with Gasteiger partial charge in [0, 0.05) is 0 Å². The van der Waals surface area contributed by atoms with E-state index >= 15 is 0 Å². The molecule has 1 aromatic rings. The Labute approximate surface area is 92.6 Å². The Morgan fingerprint density at radius 3 is 2.07 bits per heavy atom. The normalized spacial score (nSPS) is 10.1. The lowest BCUT2D eigenvalue weighted by Gasteiger charge is -1.95. The van der Waals surface area contributed by atoms with E-state index in [-0.39, 0.29) is 0 Å². The molecule has 0 saturated heterocycles. The first kappa shape index (κ1) is 13.9. The molecule has 7 heteroatoms. The third kappa shape index (κ3) is 7.92. The lowest BCUT2D eigenvalue weighted by Crippen LogP contribution is -2.10. The molecule has 0 aliphatic rings. The van der Waals surface area contributed by atoms with Crippen molar-refractivity contribution < 1.29 is 17.8 Å². The molecule has 0 aliphatic carbocycles. The smallest absolute Gasteiger partial charge is 0.261 e.